The molecule has 0 saturated heterocycles. The summed E-state index contributed by atoms with van der Waals surface area (Å²) in [5.41, 5.74) is 5.35. The third-order valence-corrected chi connectivity index (χ3v) is 2.39. The molecule has 6 heteroatoms. The lowest BCUT2D eigenvalue weighted by atomic mass is 10.1. The van der Waals surface area contributed by atoms with E-state index in [0.29, 0.717) is 38.0 Å². The lowest BCUT2D eigenvalue weighted by Gasteiger charge is -2.19. The number of ether oxygens (including phenoxy) is 2. The van der Waals surface area contributed by atoms with Crippen LogP contribution in [0.4, 0.5) is 0 Å². The Balaban J connectivity index is 2.46. The molecule has 1 rings (SSSR count). The maximum absolute atomic E-state index is 6.07. The Kier molecular flexibility index (Phi) is 6.24. The van der Waals surface area contributed by atoms with Crippen LogP contribution in [0.15, 0.2) is 4.52 Å². The highest BCUT2D eigenvalue weighted by Crippen LogP contribution is 2.14. The fourth-order valence-electron chi connectivity index (χ4n) is 1.37. The van der Waals surface area contributed by atoms with E-state index in [1.807, 2.05) is 13.8 Å². The molecule has 0 aromatic carbocycles. The van der Waals surface area contributed by atoms with Crippen molar-refractivity contribution in [3.8, 4) is 0 Å². The maximum Gasteiger partial charge on any atom is 0.229 e. The molecule has 1 aromatic rings. The van der Waals surface area contributed by atoms with Crippen molar-refractivity contribution in [2.45, 2.75) is 39.2 Å². The van der Waals surface area contributed by atoms with Gasteiger partial charge in [-0.3, -0.25) is 0 Å². The zero-order valence-electron chi connectivity index (χ0n) is 11.4. The van der Waals surface area contributed by atoms with Crippen LogP contribution in [0.1, 0.15) is 38.9 Å². The van der Waals surface area contributed by atoms with Crippen LogP contribution in [-0.2, 0) is 21.4 Å². The number of nitrogens with zero attached hydrogens (tertiary/aromatic N) is 2. The van der Waals surface area contributed by atoms with Crippen molar-refractivity contribution < 1.29 is 14.0 Å². The molecule has 0 aliphatic rings. The van der Waals surface area contributed by atoms with Gasteiger partial charge in [0.1, 0.15) is 5.54 Å². The zero-order valence-corrected chi connectivity index (χ0v) is 11.4. The molecule has 0 amide bonds. The number of hydrogen-bond donors (Lipinski definition) is 1. The molecule has 1 unspecified atom stereocenters. The fraction of sp³-hybridized carbons (Fsp3) is 0.833. The molecule has 0 saturated carbocycles. The SMILES string of the molecule is CCCOCCc1nc(C(C)(N)COCC)no1. The third kappa shape index (κ3) is 4.72. The predicted molar refractivity (Wildman–Crippen MR) is 67.1 cm³/mol. The van der Waals surface area contributed by atoms with E-state index < -0.39 is 5.54 Å². The van der Waals surface area contributed by atoms with Crippen LogP contribution >= 0.6 is 0 Å². The molecule has 0 spiro atoms. The zero-order chi connectivity index (χ0) is 13.4. The molecule has 1 aromatic heterocycles. The highest BCUT2D eigenvalue weighted by atomic mass is 16.5. The van der Waals surface area contributed by atoms with Crippen molar-refractivity contribution in [3.63, 3.8) is 0 Å². The number of hydrogen-bond acceptors (Lipinski definition) is 6. The summed E-state index contributed by atoms with van der Waals surface area (Å²) in [5.74, 6) is 1.02. The van der Waals surface area contributed by atoms with Gasteiger partial charge < -0.3 is 19.7 Å². The van der Waals surface area contributed by atoms with Crippen LogP contribution in [0.5, 0.6) is 0 Å². The highest BCUT2D eigenvalue weighted by Gasteiger charge is 2.27. The fourth-order valence-corrected chi connectivity index (χ4v) is 1.37. The van der Waals surface area contributed by atoms with Crippen LogP contribution in [-0.4, -0.2) is 36.6 Å². The van der Waals surface area contributed by atoms with E-state index in [4.69, 9.17) is 19.7 Å². The van der Waals surface area contributed by atoms with Gasteiger partial charge >= 0.3 is 0 Å². The molecular weight excluding hydrogens is 234 g/mol. The summed E-state index contributed by atoms with van der Waals surface area (Å²) in [6, 6.07) is 0. The minimum absolute atomic E-state index is 0.370. The van der Waals surface area contributed by atoms with Gasteiger partial charge in [0.15, 0.2) is 5.82 Å². The van der Waals surface area contributed by atoms with Gasteiger partial charge in [-0.2, -0.15) is 4.98 Å². The molecule has 18 heavy (non-hydrogen) atoms. The van der Waals surface area contributed by atoms with E-state index in [9.17, 15) is 0 Å². The van der Waals surface area contributed by atoms with Crippen LogP contribution < -0.4 is 5.73 Å². The van der Waals surface area contributed by atoms with E-state index in [2.05, 4.69) is 17.1 Å². The second-order valence-electron chi connectivity index (χ2n) is 4.43. The molecule has 0 aliphatic heterocycles. The molecule has 0 radical (unpaired) electrons. The topological polar surface area (TPSA) is 83.4 Å². The summed E-state index contributed by atoms with van der Waals surface area (Å²) in [4.78, 5) is 4.27. The van der Waals surface area contributed by atoms with Gasteiger partial charge in [0.2, 0.25) is 5.89 Å². The lowest BCUT2D eigenvalue weighted by molar-refractivity contribution is 0.0962. The minimum Gasteiger partial charge on any atom is -0.381 e. The summed E-state index contributed by atoms with van der Waals surface area (Å²) < 4.78 is 15.8. The quantitative estimate of drug-likeness (QED) is 0.670. The van der Waals surface area contributed by atoms with Crippen LogP contribution in [0, 0.1) is 0 Å². The Morgan fingerprint density at radius 1 is 1.28 bits per heavy atom. The van der Waals surface area contributed by atoms with Crippen LogP contribution in [0.3, 0.4) is 0 Å². The molecule has 2 N–H and O–H groups in total. The summed E-state index contributed by atoms with van der Waals surface area (Å²) in [7, 11) is 0. The first-order valence-corrected chi connectivity index (χ1v) is 6.37. The molecule has 0 aliphatic carbocycles. The third-order valence-electron chi connectivity index (χ3n) is 2.39. The molecule has 1 atom stereocenters. The van der Waals surface area contributed by atoms with Gasteiger partial charge in [0, 0.05) is 13.2 Å². The van der Waals surface area contributed by atoms with E-state index in [1.165, 1.54) is 0 Å². The minimum atomic E-state index is -0.720. The average Bonchev–Trinajstić information content (AvgIpc) is 2.82. The van der Waals surface area contributed by atoms with Gasteiger partial charge in [0.25, 0.3) is 0 Å². The van der Waals surface area contributed by atoms with E-state index in [1.54, 1.807) is 0 Å². The monoisotopic (exact) mass is 257 g/mol. The van der Waals surface area contributed by atoms with Crippen molar-refractivity contribution in [2.75, 3.05) is 26.4 Å². The number of rotatable bonds is 9. The standard InChI is InChI=1S/C12H23N3O3/c1-4-7-17-8-6-10-14-11(15-18-10)12(3,13)9-16-5-2/h4-9,13H2,1-3H3. The summed E-state index contributed by atoms with van der Waals surface area (Å²) in [6.45, 7) is 8.13. The number of aromatic nitrogens is 2. The smallest absolute Gasteiger partial charge is 0.229 e. The van der Waals surface area contributed by atoms with Crippen molar-refractivity contribution in [1.29, 1.82) is 0 Å². The first-order valence-electron chi connectivity index (χ1n) is 6.37. The highest BCUT2D eigenvalue weighted by molar-refractivity contribution is 5.01. The van der Waals surface area contributed by atoms with Crippen LogP contribution in [0.25, 0.3) is 0 Å². The summed E-state index contributed by atoms with van der Waals surface area (Å²) >= 11 is 0. The van der Waals surface area contributed by atoms with Gasteiger partial charge in [-0.25, -0.2) is 0 Å². The normalized spacial score (nSPS) is 14.7. The Bertz CT molecular complexity index is 339. The van der Waals surface area contributed by atoms with E-state index >= 15 is 0 Å². The van der Waals surface area contributed by atoms with Gasteiger partial charge in [0.05, 0.1) is 19.6 Å². The average molecular weight is 257 g/mol. The Morgan fingerprint density at radius 3 is 2.72 bits per heavy atom. The molecular formula is C12H23N3O3. The predicted octanol–water partition coefficient (Wildman–Crippen LogP) is 1.25. The largest absolute Gasteiger partial charge is 0.381 e. The first kappa shape index (κ1) is 15.1. The number of nitrogens with two attached hydrogens (primary N) is 1. The Hall–Kier alpha value is -0.980. The van der Waals surface area contributed by atoms with E-state index in [-0.39, 0.29) is 0 Å². The second kappa shape index (κ2) is 7.45. The Morgan fingerprint density at radius 2 is 2.06 bits per heavy atom. The molecule has 0 fully saturated rings. The van der Waals surface area contributed by atoms with Crippen LogP contribution in [0.2, 0.25) is 0 Å². The van der Waals surface area contributed by atoms with Crippen molar-refractivity contribution in [2.24, 2.45) is 5.73 Å². The lowest BCUT2D eigenvalue weighted by Crippen LogP contribution is -2.39. The second-order valence-corrected chi connectivity index (χ2v) is 4.43. The molecule has 104 valence electrons. The molecule has 1 heterocycles. The van der Waals surface area contributed by atoms with Gasteiger partial charge in [-0.1, -0.05) is 12.1 Å². The summed E-state index contributed by atoms with van der Waals surface area (Å²) in [5, 5.41) is 3.89. The summed E-state index contributed by atoms with van der Waals surface area (Å²) in [6.07, 6.45) is 1.61. The Labute approximate surface area is 108 Å². The van der Waals surface area contributed by atoms with Crippen molar-refractivity contribution in [1.82, 2.24) is 10.1 Å². The molecule has 0 bridgehead atoms. The van der Waals surface area contributed by atoms with Gasteiger partial charge in [-0.05, 0) is 20.3 Å². The van der Waals surface area contributed by atoms with E-state index in [0.717, 1.165) is 13.0 Å². The van der Waals surface area contributed by atoms with Gasteiger partial charge in [-0.15, -0.1) is 0 Å². The van der Waals surface area contributed by atoms with Crippen molar-refractivity contribution >= 4 is 0 Å². The molecule has 6 nitrogen and oxygen atoms in total. The first-order chi connectivity index (χ1) is 8.60. The van der Waals surface area contributed by atoms with Crippen molar-refractivity contribution in [3.05, 3.63) is 11.7 Å². The maximum atomic E-state index is 6.07.